The molecule has 0 aliphatic carbocycles. The first-order valence-electron chi connectivity index (χ1n) is 8.36. The minimum absolute atomic E-state index is 0.147. The van der Waals surface area contributed by atoms with E-state index < -0.39 is 4.92 Å². The van der Waals surface area contributed by atoms with Gasteiger partial charge in [-0.1, -0.05) is 0 Å². The summed E-state index contributed by atoms with van der Waals surface area (Å²) < 4.78 is 14.6. The molecule has 1 saturated heterocycles. The minimum Gasteiger partial charge on any atom is -0.368 e. The van der Waals surface area contributed by atoms with E-state index in [9.17, 15) is 14.5 Å². The monoisotopic (exact) mass is 369 g/mol. The second kappa shape index (κ2) is 6.98. The molecule has 1 aromatic carbocycles. The molecule has 1 aliphatic rings. The normalized spacial score (nSPS) is 14.4. The van der Waals surface area contributed by atoms with E-state index in [2.05, 4.69) is 19.9 Å². The van der Waals surface area contributed by atoms with Crippen LogP contribution in [0.1, 0.15) is 0 Å². The molecule has 3 aromatic rings. The van der Waals surface area contributed by atoms with Crippen LogP contribution in [-0.4, -0.2) is 50.6 Å². The molecular weight excluding hydrogens is 353 g/mol. The summed E-state index contributed by atoms with van der Waals surface area (Å²) in [5.41, 5.74) is 0.776. The lowest BCUT2D eigenvalue weighted by Gasteiger charge is -2.36. The van der Waals surface area contributed by atoms with Crippen LogP contribution in [0, 0.1) is 15.9 Å². The fraction of sp³-hybridized carbons (Fsp3) is 0.235. The predicted molar refractivity (Wildman–Crippen MR) is 96.6 cm³/mol. The highest BCUT2D eigenvalue weighted by molar-refractivity contribution is 5.66. The Morgan fingerprint density at radius 1 is 1.00 bits per heavy atom. The van der Waals surface area contributed by atoms with E-state index in [1.165, 1.54) is 35.6 Å². The summed E-state index contributed by atoms with van der Waals surface area (Å²) in [6.07, 6.45) is 5.92. The van der Waals surface area contributed by atoms with Crippen molar-refractivity contribution in [1.82, 2.24) is 19.5 Å². The Labute approximate surface area is 153 Å². The third kappa shape index (κ3) is 3.28. The number of hydrogen-bond donors (Lipinski definition) is 0. The van der Waals surface area contributed by atoms with Crippen molar-refractivity contribution in [1.29, 1.82) is 0 Å². The molecular formula is C17H16FN7O2. The SMILES string of the molecule is O=[N+]([O-])c1c(N2CCN(c3ccc(F)cc3)CC2)ncnc1-n1ccnc1. The fourth-order valence-corrected chi connectivity index (χ4v) is 3.16. The Morgan fingerprint density at radius 3 is 2.30 bits per heavy atom. The number of nitro groups is 1. The third-order valence-corrected chi connectivity index (χ3v) is 4.49. The molecule has 0 bridgehead atoms. The maximum absolute atomic E-state index is 13.1. The van der Waals surface area contributed by atoms with Crippen LogP contribution in [0.3, 0.4) is 0 Å². The molecule has 4 rings (SSSR count). The van der Waals surface area contributed by atoms with Crippen molar-refractivity contribution in [3.63, 3.8) is 0 Å². The fourth-order valence-electron chi connectivity index (χ4n) is 3.16. The van der Waals surface area contributed by atoms with Gasteiger partial charge in [-0.3, -0.25) is 14.7 Å². The van der Waals surface area contributed by atoms with Gasteiger partial charge in [-0.2, -0.15) is 0 Å². The van der Waals surface area contributed by atoms with Crippen molar-refractivity contribution >= 4 is 17.2 Å². The zero-order chi connectivity index (χ0) is 18.8. The summed E-state index contributed by atoms with van der Waals surface area (Å²) in [4.78, 5) is 27.4. The summed E-state index contributed by atoms with van der Waals surface area (Å²) in [6.45, 7) is 2.40. The van der Waals surface area contributed by atoms with Gasteiger partial charge in [0.15, 0.2) is 0 Å². The molecule has 27 heavy (non-hydrogen) atoms. The average Bonchev–Trinajstić information content (AvgIpc) is 3.23. The molecule has 9 nitrogen and oxygen atoms in total. The molecule has 2 aromatic heterocycles. The number of anilines is 2. The van der Waals surface area contributed by atoms with Crippen LogP contribution in [0.5, 0.6) is 0 Å². The summed E-state index contributed by atoms with van der Waals surface area (Å²) in [6, 6.07) is 6.31. The van der Waals surface area contributed by atoms with E-state index >= 15 is 0 Å². The van der Waals surface area contributed by atoms with E-state index in [1.54, 1.807) is 18.3 Å². The Hall–Kier alpha value is -3.56. The maximum atomic E-state index is 13.1. The molecule has 3 heterocycles. The van der Waals surface area contributed by atoms with E-state index in [0.717, 1.165) is 5.69 Å². The van der Waals surface area contributed by atoms with Gasteiger partial charge in [0.1, 0.15) is 18.5 Å². The van der Waals surface area contributed by atoms with Crippen LogP contribution in [-0.2, 0) is 0 Å². The van der Waals surface area contributed by atoms with Crippen LogP contribution < -0.4 is 9.80 Å². The number of nitrogens with zero attached hydrogens (tertiary/aromatic N) is 7. The highest BCUT2D eigenvalue weighted by Crippen LogP contribution is 2.31. The van der Waals surface area contributed by atoms with Gasteiger partial charge in [-0.05, 0) is 24.3 Å². The first-order chi connectivity index (χ1) is 13.1. The number of rotatable bonds is 4. The summed E-state index contributed by atoms with van der Waals surface area (Å²) >= 11 is 0. The molecule has 10 heteroatoms. The molecule has 1 aliphatic heterocycles. The Morgan fingerprint density at radius 2 is 1.67 bits per heavy atom. The minimum atomic E-state index is -0.461. The molecule has 0 radical (unpaired) electrons. The van der Waals surface area contributed by atoms with Crippen molar-refractivity contribution in [3.05, 3.63) is 65.2 Å². The van der Waals surface area contributed by atoms with Gasteiger partial charge in [0, 0.05) is 44.3 Å². The van der Waals surface area contributed by atoms with Crippen molar-refractivity contribution in [2.75, 3.05) is 36.0 Å². The van der Waals surface area contributed by atoms with Gasteiger partial charge < -0.3 is 9.80 Å². The highest BCUT2D eigenvalue weighted by Gasteiger charge is 2.30. The van der Waals surface area contributed by atoms with Crippen molar-refractivity contribution in [2.45, 2.75) is 0 Å². The molecule has 1 fully saturated rings. The van der Waals surface area contributed by atoms with E-state index in [-0.39, 0.29) is 23.1 Å². The van der Waals surface area contributed by atoms with E-state index in [1.807, 2.05) is 4.90 Å². The average molecular weight is 369 g/mol. The number of halogens is 1. The van der Waals surface area contributed by atoms with Crippen molar-refractivity contribution in [2.24, 2.45) is 0 Å². The number of hydrogen-bond acceptors (Lipinski definition) is 7. The summed E-state index contributed by atoms with van der Waals surface area (Å²) in [5.74, 6) is 0.196. The highest BCUT2D eigenvalue weighted by atomic mass is 19.1. The first-order valence-corrected chi connectivity index (χ1v) is 8.36. The van der Waals surface area contributed by atoms with E-state index in [4.69, 9.17) is 0 Å². The lowest BCUT2D eigenvalue weighted by Crippen LogP contribution is -2.47. The van der Waals surface area contributed by atoms with Gasteiger partial charge in [0.2, 0.25) is 11.6 Å². The third-order valence-electron chi connectivity index (χ3n) is 4.49. The lowest BCUT2D eigenvalue weighted by atomic mass is 10.2. The van der Waals surface area contributed by atoms with Crippen LogP contribution in [0.25, 0.3) is 5.82 Å². The predicted octanol–water partition coefficient (Wildman–Crippen LogP) is 2.04. The zero-order valence-corrected chi connectivity index (χ0v) is 14.3. The molecule has 0 saturated carbocycles. The number of piperazine rings is 1. The van der Waals surface area contributed by atoms with Gasteiger partial charge in [-0.15, -0.1) is 0 Å². The van der Waals surface area contributed by atoms with Gasteiger partial charge in [0.25, 0.3) is 0 Å². The number of benzene rings is 1. The second-order valence-corrected chi connectivity index (χ2v) is 6.05. The summed E-state index contributed by atoms with van der Waals surface area (Å²) in [5, 5.41) is 11.7. The molecule has 0 spiro atoms. The molecule has 0 N–H and O–H groups in total. The lowest BCUT2D eigenvalue weighted by molar-refractivity contribution is -0.384. The largest absolute Gasteiger partial charge is 0.368 e. The van der Waals surface area contributed by atoms with E-state index in [0.29, 0.717) is 26.2 Å². The molecule has 0 atom stereocenters. The Kier molecular flexibility index (Phi) is 4.37. The van der Waals surface area contributed by atoms with Crippen LogP contribution in [0.4, 0.5) is 21.6 Å². The topological polar surface area (TPSA) is 93.2 Å². The Bertz CT molecular complexity index is 938. The smallest absolute Gasteiger partial charge is 0.354 e. The Balaban J connectivity index is 1.59. The number of aromatic nitrogens is 4. The number of imidazole rings is 1. The van der Waals surface area contributed by atoms with Crippen LogP contribution in [0.2, 0.25) is 0 Å². The zero-order valence-electron chi connectivity index (χ0n) is 14.3. The molecule has 0 unspecified atom stereocenters. The van der Waals surface area contributed by atoms with Gasteiger partial charge in [0.05, 0.1) is 4.92 Å². The molecule has 138 valence electrons. The second-order valence-electron chi connectivity index (χ2n) is 6.05. The van der Waals surface area contributed by atoms with Gasteiger partial charge in [-0.25, -0.2) is 19.3 Å². The van der Waals surface area contributed by atoms with Crippen LogP contribution >= 0.6 is 0 Å². The standard InChI is InChI=1S/C17H16FN7O2/c18-13-1-3-14(4-2-13)22-7-9-23(10-8-22)16-15(25(26)27)17(21-11-20-16)24-6-5-19-12-24/h1-6,11-12H,7-10H2. The van der Waals surface area contributed by atoms with Crippen molar-refractivity contribution in [3.8, 4) is 5.82 Å². The van der Waals surface area contributed by atoms with Gasteiger partial charge >= 0.3 is 5.69 Å². The molecule has 0 amide bonds. The quantitative estimate of drug-likeness (QED) is 0.513. The summed E-state index contributed by atoms with van der Waals surface area (Å²) in [7, 11) is 0. The van der Waals surface area contributed by atoms with Crippen LogP contribution in [0.15, 0.2) is 49.3 Å². The maximum Gasteiger partial charge on any atom is 0.354 e. The first kappa shape index (κ1) is 16.9. The van der Waals surface area contributed by atoms with Crippen molar-refractivity contribution < 1.29 is 9.31 Å².